The Morgan fingerprint density at radius 2 is 1.20 bits per heavy atom. The lowest BCUT2D eigenvalue weighted by Gasteiger charge is -2.32. The zero-order valence-corrected chi connectivity index (χ0v) is 33.3. The summed E-state index contributed by atoms with van der Waals surface area (Å²) in [5, 5.41) is 0.953. The van der Waals surface area contributed by atoms with Crippen LogP contribution in [0.3, 0.4) is 0 Å². The minimum absolute atomic E-state index is 0.562. The Labute approximate surface area is 334 Å². The van der Waals surface area contributed by atoms with Crippen LogP contribution in [0.5, 0.6) is 0 Å². The van der Waals surface area contributed by atoms with Gasteiger partial charge in [-0.05, 0) is 125 Å². The SMILES string of the molecule is CC1CC(/C=C2\CCC(/C=C3\CC(C)Cc4c(-c5ccccc5)cc(-c5ccccc5)[s+]c43)=C2Cl)=C2SC(c3ccccc3)=CC(c3ccccc3)=C2C1. The fourth-order valence-corrected chi connectivity index (χ4v) is 11.4. The van der Waals surface area contributed by atoms with Crippen molar-refractivity contribution in [2.45, 2.75) is 52.4 Å². The highest BCUT2D eigenvalue weighted by Gasteiger charge is 2.34. The molecule has 0 bridgehead atoms. The quantitative estimate of drug-likeness (QED) is 0.156. The van der Waals surface area contributed by atoms with Crippen molar-refractivity contribution < 1.29 is 0 Å². The fraction of sp³-hybridized carbons (Fsp3) is 0.196. The van der Waals surface area contributed by atoms with Gasteiger partial charge in [0, 0.05) is 37.6 Å². The van der Waals surface area contributed by atoms with E-state index in [0.29, 0.717) is 11.8 Å². The Morgan fingerprint density at radius 1 is 0.611 bits per heavy atom. The highest BCUT2D eigenvalue weighted by molar-refractivity contribution is 8.12. The second kappa shape index (κ2) is 15.3. The molecule has 0 radical (unpaired) electrons. The Bertz CT molecular complexity index is 2410. The molecule has 2 atom stereocenters. The first-order valence-electron chi connectivity index (χ1n) is 19.4. The third-order valence-electron chi connectivity index (χ3n) is 11.2. The molecule has 0 N–H and O–H groups in total. The number of rotatable bonds is 6. The van der Waals surface area contributed by atoms with Crippen molar-refractivity contribution in [3.05, 3.63) is 199 Å². The fourth-order valence-electron chi connectivity index (χ4n) is 8.66. The molecule has 54 heavy (non-hydrogen) atoms. The molecule has 9 rings (SSSR count). The number of benzene rings is 4. The molecule has 3 aliphatic carbocycles. The third kappa shape index (κ3) is 7.08. The molecule has 4 aromatic carbocycles. The zero-order valence-electron chi connectivity index (χ0n) is 30.9. The summed E-state index contributed by atoms with van der Waals surface area (Å²) in [6, 6.07) is 46.1. The maximum absolute atomic E-state index is 7.48. The van der Waals surface area contributed by atoms with Gasteiger partial charge in [-0.2, -0.15) is 0 Å². The normalized spacial score (nSPS) is 21.4. The topological polar surface area (TPSA) is 0 Å². The molecule has 2 unspecified atom stereocenters. The van der Waals surface area contributed by atoms with E-state index in [1.165, 1.54) is 86.4 Å². The van der Waals surface area contributed by atoms with Crippen molar-refractivity contribution in [2.24, 2.45) is 11.8 Å². The lowest BCUT2D eigenvalue weighted by atomic mass is 9.82. The molecule has 3 heteroatoms. The molecule has 0 nitrogen and oxygen atoms in total. The standard InChI is InChI=1S/C51H44ClS2/c1-33-25-41(50-45(27-33)43(35-15-7-3-8-16-35)31-47(53-50)37-19-11-5-12-20-37)29-39-23-24-40(49(39)52)30-42-26-34(2)28-46-44(36-17-9-4-10-18-36)32-48(54-51(42)46)38-21-13-6-14-22-38/h3-22,29-34H,23-28H2,1-2H3/q+1. The second-order valence-electron chi connectivity index (χ2n) is 15.4. The second-order valence-corrected chi connectivity index (χ2v) is 17.8. The van der Waals surface area contributed by atoms with Crippen LogP contribution in [0.25, 0.3) is 37.6 Å². The van der Waals surface area contributed by atoms with Gasteiger partial charge in [-0.15, -0.1) is 0 Å². The van der Waals surface area contributed by atoms with Gasteiger partial charge in [0.15, 0.2) is 0 Å². The largest absolute Gasteiger partial charge is 0.239 e. The van der Waals surface area contributed by atoms with Crippen molar-refractivity contribution >= 4 is 50.8 Å². The van der Waals surface area contributed by atoms with E-state index in [-0.39, 0.29) is 0 Å². The van der Waals surface area contributed by atoms with E-state index in [4.69, 9.17) is 11.6 Å². The number of allylic oxidation sites excluding steroid dienone is 10. The van der Waals surface area contributed by atoms with Gasteiger partial charge in [-0.1, -0.05) is 152 Å². The molecule has 1 aliphatic heterocycles. The summed E-state index contributed by atoms with van der Waals surface area (Å²) in [5.41, 5.74) is 16.3. The minimum atomic E-state index is 0.562. The minimum Gasteiger partial charge on any atom is -0.0888 e. The van der Waals surface area contributed by atoms with E-state index in [0.717, 1.165) is 43.6 Å². The average molecular weight is 756 g/mol. The molecule has 5 aromatic rings. The van der Waals surface area contributed by atoms with Gasteiger partial charge < -0.3 is 0 Å². The van der Waals surface area contributed by atoms with Gasteiger partial charge in [0.1, 0.15) is 0 Å². The van der Waals surface area contributed by atoms with Crippen LogP contribution >= 0.6 is 34.7 Å². The van der Waals surface area contributed by atoms with Crippen LogP contribution in [0.2, 0.25) is 0 Å². The first kappa shape index (κ1) is 35.2. The van der Waals surface area contributed by atoms with Crippen LogP contribution in [0, 0.1) is 11.8 Å². The number of hydrogen-bond donors (Lipinski definition) is 0. The average Bonchev–Trinajstić information content (AvgIpc) is 3.55. The van der Waals surface area contributed by atoms with Crippen LogP contribution in [0.1, 0.15) is 67.5 Å². The number of fused-ring (bicyclic) bond motifs is 2. The first-order chi connectivity index (χ1) is 26.5. The Balaban J connectivity index is 1.14. The molecule has 0 saturated carbocycles. The molecule has 0 amide bonds. The first-order valence-corrected chi connectivity index (χ1v) is 21.4. The summed E-state index contributed by atoms with van der Waals surface area (Å²) in [7, 11) is 0. The number of thioether (sulfide) groups is 1. The van der Waals surface area contributed by atoms with Gasteiger partial charge >= 0.3 is 0 Å². The van der Waals surface area contributed by atoms with E-state index in [1.807, 2.05) is 23.1 Å². The summed E-state index contributed by atoms with van der Waals surface area (Å²) in [5.74, 6) is 1.12. The zero-order chi connectivity index (χ0) is 36.6. The summed E-state index contributed by atoms with van der Waals surface area (Å²) in [4.78, 5) is 5.48. The van der Waals surface area contributed by atoms with E-state index >= 15 is 0 Å². The molecular weight excluding hydrogens is 712 g/mol. The van der Waals surface area contributed by atoms with Crippen molar-refractivity contribution in [1.29, 1.82) is 0 Å². The Kier molecular flexibility index (Phi) is 10.0. The van der Waals surface area contributed by atoms with Crippen LogP contribution < -0.4 is 0 Å². The highest BCUT2D eigenvalue weighted by Crippen LogP contribution is 2.53. The molecule has 1 aromatic heterocycles. The van der Waals surface area contributed by atoms with Crippen LogP contribution in [0.15, 0.2) is 178 Å². The van der Waals surface area contributed by atoms with Crippen LogP contribution in [0.4, 0.5) is 0 Å². The lowest BCUT2D eigenvalue weighted by molar-refractivity contribution is 0.564. The van der Waals surface area contributed by atoms with E-state index < -0.39 is 0 Å². The molecular formula is C51H44ClS2+. The van der Waals surface area contributed by atoms with E-state index in [9.17, 15) is 0 Å². The Morgan fingerprint density at radius 3 is 1.89 bits per heavy atom. The maximum atomic E-state index is 7.48. The van der Waals surface area contributed by atoms with Crippen molar-refractivity contribution in [3.8, 4) is 21.6 Å². The predicted molar refractivity (Wildman–Crippen MR) is 236 cm³/mol. The molecule has 0 spiro atoms. The molecule has 0 fully saturated rings. The molecule has 2 heterocycles. The number of halogens is 1. The maximum Gasteiger partial charge on any atom is 0.239 e. The van der Waals surface area contributed by atoms with Gasteiger partial charge in [-0.3, -0.25) is 0 Å². The van der Waals surface area contributed by atoms with Gasteiger partial charge in [-0.25, -0.2) is 0 Å². The van der Waals surface area contributed by atoms with E-state index in [2.05, 4.69) is 159 Å². The van der Waals surface area contributed by atoms with Crippen molar-refractivity contribution in [1.82, 2.24) is 0 Å². The Hall–Kier alpha value is -4.47. The lowest BCUT2D eigenvalue weighted by Crippen LogP contribution is -2.12. The monoisotopic (exact) mass is 755 g/mol. The summed E-state index contributed by atoms with van der Waals surface area (Å²) < 4.78 is 0. The van der Waals surface area contributed by atoms with Gasteiger partial charge in [0.25, 0.3) is 0 Å². The smallest absolute Gasteiger partial charge is 0.0888 e. The highest BCUT2D eigenvalue weighted by atomic mass is 35.5. The predicted octanol–water partition coefficient (Wildman–Crippen LogP) is 15.5. The van der Waals surface area contributed by atoms with Crippen molar-refractivity contribution in [3.63, 3.8) is 0 Å². The van der Waals surface area contributed by atoms with E-state index in [1.54, 1.807) is 0 Å². The summed E-state index contributed by atoms with van der Waals surface area (Å²) >= 11 is 11.4. The van der Waals surface area contributed by atoms with Crippen LogP contribution in [-0.2, 0) is 6.42 Å². The number of hydrogen-bond acceptors (Lipinski definition) is 1. The molecule has 0 saturated heterocycles. The van der Waals surface area contributed by atoms with Gasteiger partial charge in [0.05, 0.1) is 0 Å². The summed E-state index contributed by atoms with van der Waals surface area (Å²) in [6.45, 7) is 4.81. The molecule has 266 valence electrons. The third-order valence-corrected chi connectivity index (χ3v) is 14.3. The van der Waals surface area contributed by atoms with Gasteiger partial charge in [0.2, 0.25) is 21.1 Å². The summed E-state index contributed by atoms with van der Waals surface area (Å²) in [6.07, 6.45) is 13.7. The molecule has 4 aliphatic rings. The van der Waals surface area contributed by atoms with Crippen molar-refractivity contribution in [2.75, 3.05) is 0 Å². The van der Waals surface area contributed by atoms with Crippen LogP contribution in [-0.4, -0.2) is 0 Å².